The van der Waals surface area contributed by atoms with Crippen LogP contribution in [0.3, 0.4) is 0 Å². The number of rotatable bonds is 2. The van der Waals surface area contributed by atoms with Gasteiger partial charge in [-0.25, -0.2) is 19.6 Å². The van der Waals surface area contributed by atoms with E-state index in [9.17, 15) is 0 Å². The maximum absolute atomic E-state index is 4.87. The highest BCUT2D eigenvalue weighted by molar-refractivity contribution is 7.11. The zero-order chi connectivity index (χ0) is 17.8. The van der Waals surface area contributed by atoms with Gasteiger partial charge in [-0.05, 0) is 32.9 Å². The van der Waals surface area contributed by atoms with Crippen molar-refractivity contribution in [3.8, 4) is 17.1 Å². The summed E-state index contributed by atoms with van der Waals surface area (Å²) >= 11 is 1.72. The highest BCUT2D eigenvalue weighted by atomic mass is 32.1. The average molecular weight is 362 g/mol. The van der Waals surface area contributed by atoms with Crippen molar-refractivity contribution < 1.29 is 0 Å². The first-order valence-corrected chi connectivity index (χ1v) is 9.41. The Morgan fingerprint density at radius 1 is 1.12 bits per heavy atom. The lowest BCUT2D eigenvalue weighted by atomic mass is 10.1. The van der Waals surface area contributed by atoms with Crippen molar-refractivity contribution in [3.63, 3.8) is 0 Å². The maximum Gasteiger partial charge on any atom is 0.160 e. The zero-order valence-corrected chi connectivity index (χ0v) is 15.7. The van der Waals surface area contributed by atoms with Crippen LogP contribution < -0.4 is 0 Å². The highest BCUT2D eigenvalue weighted by Gasteiger charge is 2.24. The highest BCUT2D eigenvalue weighted by Crippen LogP contribution is 2.31. The summed E-state index contributed by atoms with van der Waals surface area (Å²) in [6.07, 6.45) is 2.55. The smallest absolute Gasteiger partial charge is 0.160 e. The van der Waals surface area contributed by atoms with Crippen LogP contribution in [0.2, 0.25) is 0 Å². The Kier molecular flexibility index (Phi) is 3.33. The van der Waals surface area contributed by atoms with E-state index in [-0.39, 0.29) is 0 Å². The predicted octanol–water partition coefficient (Wildman–Crippen LogP) is 3.47. The minimum atomic E-state index is 0.663. The number of hydrogen-bond donors (Lipinski definition) is 0. The Hall–Kier alpha value is -2.80. The zero-order valence-electron chi connectivity index (χ0n) is 14.9. The molecular formula is C19H18N6S. The third kappa shape index (κ3) is 2.31. The molecule has 3 aromatic heterocycles. The van der Waals surface area contributed by atoms with Crippen LogP contribution in [0.15, 0.2) is 30.6 Å². The first kappa shape index (κ1) is 15.5. The number of para-hydroxylation sites is 1. The monoisotopic (exact) mass is 362 g/mol. The molecule has 4 aromatic rings. The molecule has 0 spiro atoms. The van der Waals surface area contributed by atoms with Gasteiger partial charge < -0.3 is 4.57 Å². The first-order chi connectivity index (χ1) is 12.6. The number of imidazole rings is 1. The van der Waals surface area contributed by atoms with Crippen LogP contribution in [-0.2, 0) is 13.0 Å². The van der Waals surface area contributed by atoms with Crippen LogP contribution in [0.25, 0.3) is 17.1 Å². The van der Waals surface area contributed by atoms with Crippen LogP contribution >= 0.6 is 11.3 Å². The van der Waals surface area contributed by atoms with Crippen molar-refractivity contribution in [2.24, 2.45) is 0 Å². The van der Waals surface area contributed by atoms with Gasteiger partial charge in [0.05, 0.1) is 47.1 Å². The second kappa shape index (κ2) is 5.60. The fourth-order valence-electron chi connectivity index (χ4n) is 3.53. The van der Waals surface area contributed by atoms with E-state index >= 15 is 0 Å². The fraction of sp³-hybridized carbons (Fsp3) is 0.263. The lowest BCUT2D eigenvalue weighted by Crippen LogP contribution is -2.06. The molecule has 0 bridgehead atoms. The quantitative estimate of drug-likeness (QED) is 0.482. The summed E-state index contributed by atoms with van der Waals surface area (Å²) in [5.41, 5.74) is 5.42. The minimum Gasteiger partial charge on any atom is -0.300 e. The Morgan fingerprint density at radius 2 is 1.96 bits per heavy atom. The van der Waals surface area contributed by atoms with E-state index in [1.54, 1.807) is 11.3 Å². The van der Waals surface area contributed by atoms with Crippen molar-refractivity contribution in [1.82, 2.24) is 29.3 Å². The number of nitrogens with zero attached hydrogens (tertiary/aromatic N) is 6. The van der Waals surface area contributed by atoms with Crippen LogP contribution in [0.5, 0.6) is 0 Å². The molecule has 5 rings (SSSR count). The lowest BCUT2D eigenvalue weighted by molar-refractivity contribution is 0.663. The molecule has 130 valence electrons. The Morgan fingerprint density at radius 3 is 2.77 bits per heavy atom. The summed E-state index contributed by atoms with van der Waals surface area (Å²) in [7, 11) is 0. The number of hydrogen-bond acceptors (Lipinski definition) is 5. The lowest BCUT2D eigenvalue weighted by Gasteiger charge is -2.07. The summed E-state index contributed by atoms with van der Waals surface area (Å²) in [6, 6.07) is 8.30. The number of fused-ring (bicyclic) bond motifs is 5. The predicted molar refractivity (Wildman–Crippen MR) is 101 cm³/mol. The summed E-state index contributed by atoms with van der Waals surface area (Å²) in [5.74, 6) is 1.72. The Bertz CT molecular complexity index is 1130. The second-order valence-corrected chi connectivity index (χ2v) is 7.99. The van der Waals surface area contributed by atoms with E-state index < -0.39 is 0 Å². The average Bonchev–Trinajstić information content (AvgIpc) is 3.25. The van der Waals surface area contributed by atoms with E-state index in [0.29, 0.717) is 13.0 Å². The van der Waals surface area contributed by atoms with Gasteiger partial charge in [-0.15, -0.1) is 11.3 Å². The van der Waals surface area contributed by atoms with Gasteiger partial charge in [0.2, 0.25) is 0 Å². The van der Waals surface area contributed by atoms with Crippen LogP contribution in [-0.4, -0.2) is 29.3 Å². The summed E-state index contributed by atoms with van der Waals surface area (Å²) < 4.78 is 4.14. The number of benzene rings is 1. The molecule has 6 nitrogen and oxygen atoms in total. The molecule has 0 fully saturated rings. The maximum atomic E-state index is 4.87. The van der Waals surface area contributed by atoms with E-state index in [1.165, 1.54) is 4.88 Å². The number of aryl methyl sites for hydroxylation is 3. The van der Waals surface area contributed by atoms with Crippen molar-refractivity contribution in [3.05, 3.63) is 63.4 Å². The third-order valence-electron chi connectivity index (χ3n) is 4.82. The minimum absolute atomic E-state index is 0.663. The number of thiazole rings is 1. The normalized spacial score (nSPS) is 12.4. The van der Waals surface area contributed by atoms with Crippen molar-refractivity contribution in [1.29, 1.82) is 0 Å². The Balaban J connectivity index is 1.65. The van der Waals surface area contributed by atoms with Gasteiger partial charge in [-0.1, -0.05) is 12.1 Å². The van der Waals surface area contributed by atoms with Crippen molar-refractivity contribution in [2.45, 2.75) is 33.7 Å². The van der Waals surface area contributed by atoms with Crippen LogP contribution in [0, 0.1) is 20.8 Å². The van der Waals surface area contributed by atoms with Gasteiger partial charge in [0.1, 0.15) is 0 Å². The Labute approximate surface area is 155 Å². The molecular weight excluding hydrogens is 344 g/mol. The van der Waals surface area contributed by atoms with Gasteiger partial charge in [-0.2, -0.15) is 5.10 Å². The second-order valence-electron chi connectivity index (χ2n) is 6.59. The van der Waals surface area contributed by atoms with Crippen molar-refractivity contribution >= 4 is 11.3 Å². The molecule has 0 aliphatic carbocycles. The van der Waals surface area contributed by atoms with Gasteiger partial charge in [0.25, 0.3) is 0 Å². The summed E-state index contributed by atoms with van der Waals surface area (Å²) in [5, 5.41) is 5.89. The van der Waals surface area contributed by atoms with E-state index in [1.807, 2.05) is 37.0 Å². The standard InChI is InChI=1S/C19H18N6S/c1-11-17-9-25-19(14-6-4-5-7-16(14)24(17)10-20-11)22-18(23-25)8-15-12(2)26-13(3)21-15/h4-7,10H,8-9H2,1-3H3. The molecule has 0 unspecified atom stereocenters. The molecule has 1 aromatic carbocycles. The van der Waals surface area contributed by atoms with Crippen LogP contribution in [0.4, 0.5) is 0 Å². The molecule has 1 aliphatic heterocycles. The van der Waals surface area contributed by atoms with E-state index in [0.717, 1.165) is 45.0 Å². The largest absolute Gasteiger partial charge is 0.300 e. The molecule has 0 saturated heterocycles. The molecule has 0 radical (unpaired) electrons. The van der Waals surface area contributed by atoms with Crippen LogP contribution in [0.1, 0.15) is 32.8 Å². The number of aromatic nitrogens is 6. The molecule has 4 heterocycles. The molecule has 1 aliphatic rings. The summed E-state index contributed by atoms with van der Waals surface area (Å²) in [4.78, 5) is 15.2. The van der Waals surface area contributed by atoms with E-state index in [4.69, 9.17) is 10.1 Å². The molecule has 0 amide bonds. The van der Waals surface area contributed by atoms with Crippen molar-refractivity contribution in [2.75, 3.05) is 0 Å². The molecule has 0 atom stereocenters. The van der Waals surface area contributed by atoms with Gasteiger partial charge in [0.15, 0.2) is 11.6 Å². The fourth-order valence-corrected chi connectivity index (χ4v) is 4.37. The van der Waals surface area contributed by atoms with Gasteiger partial charge >= 0.3 is 0 Å². The molecule has 26 heavy (non-hydrogen) atoms. The molecule has 0 N–H and O–H groups in total. The first-order valence-electron chi connectivity index (χ1n) is 8.59. The van der Waals surface area contributed by atoms with Gasteiger partial charge in [0, 0.05) is 10.4 Å². The molecule has 0 saturated carbocycles. The summed E-state index contributed by atoms with van der Waals surface area (Å²) in [6.45, 7) is 6.85. The third-order valence-corrected chi connectivity index (χ3v) is 5.75. The molecule has 7 heteroatoms. The van der Waals surface area contributed by atoms with Gasteiger partial charge in [-0.3, -0.25) is 0 Å². The topological polar surface area (TPSA) is 61.4 Å². The van der Waals surface area contributed by atoms with E-state index in [2.05, 4.69) is 33.6 Å². The SMILES string of the molecule is Cc1nc(Cc2nc3n(n2)Cc2c(C)ncn2-c2ccccc2-3)c(C)s1.